The van der Waals surface area contributed by atoms with E-state index < -0.39 is 33.3 Å². The van der Waals surface area contributed by atoms with Crippen LogP contribution in [-0.4, -0.2) is 76.6 Å². The number of carbonyl (C=O) groups excluding carboxylic acids is 1. The number of nitrogens with zero attached hydrogens (tertiary/aromatic N) is 1. The molecule has 204 valence electrons. The van der Waals surface area contributed by atoms with E-state index in [0.29, 0.717) is 5.57 Å². The Balaban J connectivity index is 0. The predicted octanol–water partition coefficient (Wildman–Crippen LogP) is 7.28. The molecule has 34 heavy (non-hydrogen) atoms. The number of unbranched alkanes of at least 4 members (excludes halogenated alkanes) is 1. The molecule has 0 saturated heterocycles. The molecule has 0 atom stereocenters. The topological polar surface area (TPSA) is 50.8 Å². The predicted molar refractivity (Wildman–Crippen MR) is 166 cm³/mol. The Morgan fingerprint density at radius 2 is 1.29 bits per heavy atom. The minimum atomic E-state index is -1.56. The van der Waals surface area contributed by atoms with E-state index in [1.54, 1.807) is 6.92 Å². The molecule has 0 rings (SSSR count). The van der Waals surface area contributed by atoms with E-state index in [1.165, 1.54) is 31.0 Å². The first kappa shape index (κ1) is 36.6. The lowest BCUT2D eigenvalue weighted by Crippen LogP contribution is -2.47. The molecule has 0 aliphatic carbocycles. The second kappa shape index (κ2) is 17.0. The second-order valence-electron chi connectivity index (χ2n) is 12.4. The van der Waals surface area contributed by atoms with Crippen molar-refractivity contribution in [3.8, 4) is 0 Å². The summed E-state index contributed by atoms with van der Waals surface area (Å²) in [6, 6.07) is 3.80. The van der Waals surface area contributed by atoms with Gasteiger partial charge in [-0.15, -0.1) is 0 Å². The van der Waals surface area contributed by atoms with Gasteiger partial charge < -0.3 is 18.4 Å². The van der Waals surface area contributed by atoms with Crippen molar-refractivity contribution in [1.82, 2.24) is 10.2 Å². The fourth-order valence-electron chi connectivity index (χ4n) is 3.73. The molecule has 0 heterocycles. The number of nitrogens with one attached hydrogen (secondary N) is 1. The number of amides is 1. The van der Waals surface area contributed by atoms with Crippen molar-refractivity contribution in [2.24, 2.45) is 0 Å². The lowest BCUT2D eigenvalue weighted by molar-refractivity contribution is -0.117. The third-order valence-electron chi connectivity index (χ3n) is 5.08. The van der Waals surface area contributed by atoms with Gasteiger partial charge in [-0.25, -0.2) is 0 Å². The van der Waals surface area contributed by atoms with Crippen LogP contribution in [0.5, 0.6) is 0 Å². The van der Waals surface area contributed by atoms with Crippen LogP contribution in [0.15, 0.2) is 12.2 Å². The molecule has 0 aliphatic rings. The molecule has 0 aromatic carbocycles. The summed E-state index contributed by atoms with van der Waals surface area (Å²) in [6.07, 6.45) is 3.55. The fraction of sp³-hybridized carbons (Fsp3) is 0.875. The molecule has 0 aromatic heterocycles. The normalized spacial score (nSPS) is 12.9. The van der Waals surface area contributed by atoms with Gasteiger partial charge in [-0.05, 0) is 117 Å². The molecule has 0 fully saturated rings. The first-order valence-electron chi connectivity index (χ1n) is 12.8. The van der Waals surface area contributed by atoms with E-state index in [4.69, 9.17) is 8.23 Å². The van der Waals surface area contributed by atoms with Crippen LogP contribution in [-0.2, 0) is 13.0 Å². The average molecular weight is 614 g/mol. The van der Waals surface area contributed by atoms with Crippen LogP contribution in [0, 0.1) is 0 Å². The number of hydrogen-bond acceptors (Lipinski definition) is 4. The molecular formula is C24H57BrN2O3Si4. The molecule has 0 unspecified atom stereocenters. The first-order valence-corrected chi connectivity index (χ1v) is 26.6. The quantitative estimate of drug-likeness (QED) is 0.0861. The zero-order valence-electron chi connectivity index (χ0n) is 24.6. The molecule has 1 amide bonds. The van der Waals surface area contributed by atoms with E-state index in [1.807, 2.05) is 14.1 Å². The Morgan fingerprint density at radius 3 is 1.71 bits per heavy atom. The van der Waals surface area contributed by atoms with Crippen LogP contribution < -0.4 is 5.32 Å². The van der Waals surface area contributed by atoms with Gasteiger partial charge in [-0.3, -0.25) is 4.79 Å². The molecule has 0 saturated carbocycles. The minimum absolute atomic E-state index is 0.0474. The number of rotatable bonds is 16. The van der Waals surface area contributed by atoms with Gasteiger partial charge in [0.15, 0.2) is 33.3 Å². The van der Waals surface area contributed by atoms with Crippen molar-refractivity contribution in [3.05, 3.63) is 12.2 Å². The van der Waals surface area contributed by atoms with Crippen molar-refractivity contribution in [2.45, 2.75) is 103 Å². The number of hydrogen-bond donors (Lipinski definition) is 1. The van der Waals surface area contributed by atoms with Crippen LogP contribution in [0.2, 0.25) is 77.1 Å². The van der Waals surface area contributed by atoms with Gasteiger partial charge in [0.25, 0.3) is 0 Å². The zero-order chi connectivity index (χ0) is 27.2. The largest absolute Gasteiger partial charge is 0.456 e. The van der Waals surface area contributed by atoms with Crippen molar-refractivity contribution in [1.29, 1.82) is 0 Å². The highest BCUT2D eigenvalue weighted by Gasteiger charge is 2.36. The summed E-state index contributed by atoms with van der Waals surface area (Å²) in [5, 5.41) is 3.89. The summed E-state index contributed by atoms with van der Waals surface area (Å²) in [7, 11) is -1.98. The summed E-state index contributed by atoms with van der Waals surface area (Å²) in [6.45, 7) is 28.3. The molecule has 0 spiro atoms. The highest BCUT2D eigenvalue weighted by atomic mass is 79.9. The summed E-state index contributed by atoms with van der Waals surface area (Å²) >= 11 is 3.53. The SMILES string of the molecule is C=C(C)C(=O)NCCCN(C)C.C[Si](C)(C)O[Si](C)(C)CC[Si](C)(C)O[Si](C)(C)CCCCBr. The van der Waals surface area contributed by atoms with Crippen molar-refractivity contribution >= 4 is 55.1 Å². The summed E-state index contributed by atoms with van der Waals surface area (Å²) in [5.74, 6) is -0.0474. The maximum atomic E-state index is 11.0. The number of halogens is 1. The van der Waals surface area contributed by atoms with Crippen LogP contribution in [0.1, 0.15) is 26.2 Å². The van der Waals surface area contributed by atoms with Crippen LogP contribution >= 0.6 is 15.9 Å². The molecule has 0 aromatic rings. The highest BCUT2D eigenvalue weighted by Crippen LogP contribution is 2.28. The van der Waals surface area contributed by atoms with Crippen LogP contribution in [0.25, 0.3) is 0 Å². The summed E-state index contributed by atoms with van der Waals surface area (Å²) in [4.78, 5) is 13.1. The maximum absolute atomic E-state index is 11.0. The molecule has 0 aliphatic heterocycles. The molecule has 0 radical (unpaired) electrons. The minimum Gasteiger partial charge on any atom is -0.456 e. The Labute approximate surface area is 225 Å². The lowest BCUT2D eigenvalue weighted by atomic mass is 10.3. The standard InChI is InChI=1S/C15H39BrO2Si4.C9H18N2O/c1-19(2,3)17-21(6,7)14-15-22(8,9)18-20(4,5)13-11-10-12-16;1-8(2)9(12)10-6-5-7-11(3)4/h10-15H2,1-9H3;1,5-7H2,2-4H3,(H,10,12). The van der Waals surface area contributed by atoms with E-state index in [2.05, 4.69) is 91.6 Å². The second-order valence-corrected chi connectivity index (χ2v) is 31.1. The van der Waals surface area contributed by atoms with Gasteiger partial charge >= 0.3 is 0 Å². The molecular weight excluding hydrogens is 557 g/mol. The Morgan fingerprint density at radius 1 is 0.824 bits per heavy atom. The molecule has 1 N–H and O–H groups in total. The van der Waals surface area contributed by atoms with Crippen LogP contribution in [0.3, 0.4) is 0 Å². The van der Waals surface area contributed by atoms with E-state index in [-0.39, 0.29) is 5.91 Å². The Hall–Kier alpha value is 0.438. The van der Waals surface area contributed by atoms with E-state index >= 15 is 0 Å². The van der Waals surface area contributed by atoms with Crippen LogP contribution in [0.4, 0.5) is 0 Å². The van der Waals surface area contributed by atoms with E-state index in [9.17, 15) is 4.79 Å². The fourth-order valence-corrected chi connectivity index (χ4v) is 23.9. The van der Waals surface area contributed by atoms with Crippen molar-refractivity contribution in [3.63, 3.8) is 0 Å². The lowest BCUT2D eigenvalue weighted by Gasteiger charge is -2.37. The number of alkyl halides is 1. The smallest absolute Gasteiger partial charge is 0.246 e. The third-order valence-corrected chi connectivity index (χ3v) is 19.7. The van der Waals surface area contributed by atoms with Gasteiger partial charge in [0.2, 0.25) is 5.91 Å². The maximum Gasteiger partial charge on any atom is 0.246 e. The molecule has 10 heteroatoms. The van der Waals surface area contributed by atoms with Crippen molar-refractivity contribution in [2.75, 3.05) is 32.5 Å². The van der Waals surface area contributed by atoms with Gasteiger partial charge in [0.05, 0.1) is 0 Å². The van der Waals surface area contributed by atoms with Gasteiger partial charge in [0.1, 0.15) is 0 Å². The Kier molecular flexibility index (Phi) is 18.3. The zero-order valence-corrected chi connectivity index (χ0v) is 30.2. The summed E-state index contributed by atoms with van der Waals surface area (Å²) < 4.78 is 13.2. The molecule has 0 bridgehead atoms. The van der Waals surface area contributed by atoms with Gasteiger partial charge in [-0.1, -0.05) is 28.9 Å². The van der Waals surface area contributed by atoms with Gasteiger partial charge in [0, 0.05) is 17.4 Å². The van der Waals surface area contributed by atoms with E-state index in [0.717, 1.165) is 24.8 Å². The molecule has 5 nitrogen and oxygen atoms in total. The van der Waals surface area contributed by atoms with Gasteiger partial charge in [-0.2, -0.15) is 0 Å². The Bertz CT molecular complexity index is 595. The number of carbonyl (C=O) groups is 1. The summed E-state index contributed by atoms with van der Waals surface area (Å²) in [5.41, 5.74) is 0.569. The monoisotopic (exact) mass is 612 g/mol. The van der Waals surface area contributed by atoms with Crippen molar-refractivity contribution < 1.29 is 13.0 Å². The third kappa shape index (κ3) is 24.1. The first-order chi connectivity index (χ1) is 15.2. The highest BCUT2D eigenvalue weighted by molar-refractivity contribution is 9.09. The average Bonchev–Trinajstić information content (AvgIpc) is 2.61.